The van der Waals surface area contributed by atoms with Crippen LogP contribution in [-0.2, 0) is 25.5 Å². The minimum Gasteiger partial charge on any atom is -0.494 e. The lowest BCUT2D eigenvalue weighted by molar-refractivity contribution is -0.121. The van der Waals surface area contributed by atoms with Gasteiger partial charge in [0.05, 0.1) is 44.4 Å². The lowest BCUT2D eigenvalue weighted by Gasteiger charge is -2.45. The number of aromatic nitrogens is 2. The number of benzene rings is 1. The van der Waals surface area contributed by atoms with Crippen LogP contribution in [0.4, 0.5) is 28.8 Å². The zero-order valence-corrected chi connectivity index (χ0v) is 24.1. The van der Waals surface area contributed by atoms with E-state index in [1.165, 1.54) is 0 Å². The highest BCUT2D eigenvalue weighted by Gasteiger charge is 2.41. The molecule has 2 aromatic rings. The van der Waals surface area contributed by atoms with Gasteiger partial charge in [-0.3, -0.25) is 14.5 Å². The first-order chi connectivity index (χ1) is 20.0. The first-order valence-electron chi connectivity index (χ1n) is 14.6. The number of hydrogen-bond acceptors (Lipinski definition) is 10. The zero-order valence-electron chi connectivity index (χ0n) is 24.1. The first-order valence-corrected chi connectivity index (χ1v) is 14.6. The van der Waals surface area contributed by atoms with Crippen LogP contribution in [0.25, 0.3) is 0 Å². The number of rotatable bonds is 7. The second kappa shape index (κ2) is 11.8. The van der Waals surface area contributed by atoms with E-state index in [0.717, 1.165) is 55.1 Å². The van der Waals surface area contributed by atoms with E-state index in [2.05, 4.69) is 20.1 Å². The molecule has 2 fully saturated rings. The third-order valence-corrected chi connectivity index (χ3v) is 8.58. The predicted octanol–water partition coefficient (Wildman–Crippen LogP) is 2.19. The fourth-order valence-electron chi connectivity index (χ4n) is 6.32. The Kier molecular flexibility index (Phi) is 7.96. The quantitative estimate of drug-likeness (QED) is 0.536. The molecule has 1 aromatic heterocycles. The Morgan fingerprint density at radius 2 is 1.85 bits per heavy atom. The standard InChI is InChI=1S/C29H39N7O5/c1-4-22-28(38)33(2)24-17-30-29(32-27(24)36(22)20-6-11-40-12-7-20)31-21-15-19-5-8-35(23(19)16-25(21)39-3)26(37)18-34-9-13-41-14-10-34/h15-17,20,22H,4-14,18H2,1-3H3,(H,30,31,32)/t22-/m1/s1. The summed E-state index contributed by atoms with van der Waals surface area (Å²) in [5, 5.41) is 3.37. The summed E-state index contributed by atoms with van der Waals surface area (Å²) in [5.74, 6) is 1.93. The molecule has 0 aliphatic carbocycles. The molecule has 12 nitrogen and oxygen atoms in total. The molecule has 1 atom stereocenters. The lowest BCUT2D eigenvalue weighted by Crippen LogP contribution is -2.57. The highest BCUT2D eigenvalue weighted by atomic mass is 16.5. The van der Waals surface area contributed by atoms with Crippen LogP contribution in [0.3, 0.4) is 0 Å². The summed E-state index contributed by atoms with van der Waals surface area (Å²) in [6.45, 7) is 7.27. The largest absolute Gasteiger partial charge is 0.494 e. The SMILES string of the molecule is CC[C@@H]1C(=O)N(C)c2cnc(Nc3cc4c(cc3OC)N(C(=O)CN3CCOCC3)CC4)nc2N1C1CCOCC1. The molecule has 5 heterocycles. The van der Waals surface area contributed by atoms with Gasteiger partial charge in [0.25, 0.3) is 0 Å². The van der Waals surface area contributed by atoms with Crippen LogP contribution >= 0.6 is 0 Å². The molecular weight excluding hydrogens is 526 g/mol. The highest BCUT2D eigenvalue weighted by molar-refractivity contribution is 6.04. The van der Waals surface area contributed by atoms with Crippen LogP contribution in [0.15, 0.2) is 18.3 Å². The van der Waals surface area contributed by atoms with Gasteiger partial charge in [0.15, 0.2) is 5.82 Å². The van der Waals surface area contributed by atoms with Crippen molar-refractivity contribution >= 4 is 40.6 Å². The molecule has 0 spiro atoms. The lowest BCUT2D eigenvalue weighted by atomic mass is 9.99. The minimum atomic E-state index is -0.283. The first kappa shape index (κ1) is 27.7. The average Bonchev–Trinajstić information content (AvgIpc) is 3.42. The Balaban J connectivity index is 1.27. The predicted molar refractivity (Wildman–Crippen MR) is 155 cm³/mol. The van der Waals surface area contributed by atoms with E-state index in [0.29, 0.717) is 63.3 Å². The number of anilines is 5. The Morgan fingerprint density at radius 3 is 2.59 bits per heavy atom. The number of ether oxygens (including phenoxy) is 3. The van der Waals surface area contributed by atoms with Crippen molar-refractivity contribution in [2.45, 2.75) is 44.7 Å². The number of hydrogen-bond donors (Lipinski definition) is 1. The van der Waals surface area contributed by atoms with Crippen molar-refractivity contribution in [2.75, 3.05) is 86.8 Å². The maximum Gasteiger partial charge on any atom is 0.249 e. The fraction of sp³-hybridized carbons (Fsp3) is 0.586. The summed E-state index contributed by atoms with van der Waals surface area (Å²) in [7, 11) is 3.41. The van der Waals surface area contributed by atoms with Crippen molar-refractivity contribution in [2.24, 2.45) is 0 Å². The van der Waals surface area contributed by atoms with Gasteiger partial charge in [-0.25, -0.2) is 4.98 Å². The monoisotopic (exact) mass is 565 g/mol. The summed E-state index contributed by atoms with van der Waals surface area (Å²) in [5.41, 5.74) is 3.39. The van der Waals surface area contributed by atoms with E-state index in [1.54, 1.807) is 25.3 Å². The molecule has 0 saturated carbocycles. The second-order valence-corrected chi connectivity index (χ2v) is 11.0. The smallest absolute Gasteiger partial charge is 0.249 e. The summed E-state index contributed by atoms with van der Waals surface area (Å²) < 4.78 is 16.8. The zero-order chi connectivity index (χ0) is 28.5. The van der Waals surface area contributed by atoms with Crippen LogP contribution in [0.2, 0.25) is 0 Å². The Hall–Kier alpha value is -3.48. The molecule has 41 heavy (non-hydrogen) atoms. The van der Waals surface area contributed by atoms with E-state index in [-0.39, 0.29) is 23.9 Å². The number of carbonyl (C=O) groups is 2. The number of nitrogens with one attached hydrogen (secondary N) is 1. The highest BCUT2D eigenvalue weighted by Crippen LogP contribution is 2.41. The van der Waals surface area contributed by atoms with E-state index in [9.17, 15) is 9.59 Å². The molecule has 2 amide bonds. The van der Waals surface area contributed by atoms with E-state index >= 15 is 0 Å². The van der Waals surface area contributed by atoms with Gasteiger partial charge in [-0.2, -0.15) is 4.98 Å². The summed E-state index contributed by atoms with van der Waals surface area (Å²) in [6.07, 6.45) is 4.85. The number of likely N-dealkylation sites (N-methyl/N-ethyl adjacent to an activating group) is 1. The number of methoxy groups -OCH3 is 1. The molecule has 0 bridgehead atoms. The van der Waals surface area contributed by atoms with Crippen molar-refractivity contribution in [1.29, 1.82) is 0 Å². The average molecular weight is 566 g/mol. The molecule has 12 heteroatoms. The third kappa shape index (κ3) is 5.31. The van der Waals surface area contributed by atoms with Crippen LogP contribution in [0.1, 0.15) is 31.7 Å². The van der Waals surface area contributed by atoms with Crippen molar-refractivity contribution in [3.8, 4) is 5.75 Å². The third-order valence-electron chi connectivity index (χ3n) is 8.58. The Bertz CT molecular complexity index is 1290. The topological polar surface area (TPSA) is 113 Å². The number of nitrogens with zero attached hydrogens (tertiary/aromatic N) is 6. The normalized spacial score (nSPS) is 21.6. The molecule has 0 radical (unpaired) electrons. The van der Waals surface area contributed by atoms with Crippen LogP contribution < -0.4 is 24.8 Å². The van der Waals surface area contributed by atoms with Gasteiger partial charge in [-0.15, -0.1) is 0 Å². The number of fused-ring (bicyclic) bond motifs is 2. The van der Waals surface area contributed by atoms with E-state index in [1.807, 2.05) is 24.0 Å². The number of morpholine rings is 1. The molecule has 2 saturated heterocycles. The molecule has 4 aliphatic rings. The number of amides is 2. The van der Waals surface area contributed by atoms with Crippen molar-refractivity contribution in [1.82, 2.24) is 14.9 Å². The van der Waals surface area contributed by atoms with Gasteiger partial charge in [0.1, 0.15) is 17.5 Å². The maximum absolute atomic E-state index is 13.3. The number of carbonyl (C=O) groups excluding carboxylic acids is 2. The van der Waals surface area contributed by atoms with Crippen LogP contribution in [0, 0.1) is 0 Å². The second-order valence-electron chi connectivity index (χ2n) is 11.0. The van der Waals surface area contributed by atoms with Gasteiger partial charge in [-0.1, -0.05) is 6.92 Å². The summed E-state index contributed by atoms with van der Waals surface area (Å²) in [4.78, 5) is 43.8. The van der Waals surface area contributed by atoms with Gasteiger partial charge in [-0.05, 0) is 37.3 Å². The molecule has 1 N–H and O–H groups in total. The van der Waals surface area contributed by atoms with Gasteiger partial charge >= 0.3 is 0 Å². The van der Waals surface area contributed by atoms with Crippen molar-refractivity contribution in [3.63, 3.8) is 0 Å². The molecule has 1 aromatic carbocycles. The molecule has 6 rings (SSSR count). The summed E-state index contributed by atoms with van der Waals surface area (Å²) >= 11 is 0. The van der Waals surface area contributed by atoms with Crippen LogP contribution in [0.5, 0.6) is 5.75 Å². The van der Waals surface area contributed by atoms with Gasteiger partial charge in [0.2, 0.25) is 17.8 Å². The van der Waals surface area contributed by atoms with Gasteiger partial charge < -0.3 is 34.2 Å². The molecular formula is C29H39N7O5. The maximum atomic E-state index is 13.3. The Morgan fingerprint density at radius 1 is 1.10 bits per heavy atom. The van der Waals surface area contributed by atoms with Gasteiger partial charge in [0, 0.05) is 52.0 Å². The van der Waals surface area contributed by atoms with Crippen molar-refractivity contribution < 1.29 is 23.8 Å². The minimum absolute atomic E-state index is 0.0591. The summed E-state index contributed by atoms with van der Waals surface area (Å²) in [6, 6.07) is 3.84. The Labute approximate surface area is 240 Å². The molecule has 220 valence electrons. The molecule has 4 aliphatic heterocycles. The fourth-order valence-corrected chi connectivity index (χ4v) is 6.32. The van der Waals surface area contributed by atoms with Crippen molar-refractivity contribution in [3.05, 3.63) is 23.9 Å². The van der Waals surface area contributed by atoms with Crippen LogP contribution in [-0.4, -0.2) is 106 Å². The van der Waals surface area contributed by atoms with E-state index < -0.39 is 0 Å². The van der Waals surface area contributed by atoms with E-state index in [4.69, 9.17) is 19.2 Å². The molecule has 0 unspecified atom stereocenters.